The van der Waals surface area contributed by atoms with Crippen molar-refractivity contribution >= 4 is 0 Å². The smallest absolute Gasteiger partial charge is 0.255 e. The van der Waals surface area contributed by atoms with Crippen molar-refractivity contribution in [3.05, 3.63) is 27.4 Å². The second-order valence-electron chi connectivity index (χ2n) is 4.31. The second kappa shape index (κ2) is 5.60. The fraction of sp³-hybridized carbons (Fsp3) is 0.583. The number of hydrogen-bond acceptors (Lipinski definition) is 4. The maximum atomic E-state index is 11.8. The van der Waals surface area contributed by atoms with Gasteiger partial charge in [0.15, 0.2) is 0 Å². The molecule has 1 rings (SSSR count). The summed E-state index contributed by atoms with van der Waals surface area (Å²) in [4.78, 5) is 18.7. The molecule has 0 fully saturated rings. The van der Waals surface area contributed by atoms with Gasteiger partial charge in [0.05, 0.1) is 17.6 Å². The van der Waals surface area contributed by atoms with Crippen LogP contribution >= 0.6 is 0 Å². The number of aryl methyl sites for hydroxylation is 2. The van der Waals surface area contributed by atoms with Crippen LogP contribution in [0.2, 0.25) is 0 Å². The van der Waals surface area contributed by atoms with Crippen LogP contribution in [0.5, 0.6) is 0 Å². The van der Waals surface area contributed by atoms with Gasteiger partial charge in [-0.15, -0.1) is 0 Å². The highest BCUT2D eigenvalue weighted by Gasteiger charge is 2.14. The molecule has 5 heteroatoms. The number of nitrogens with zero attached hydrogens (tertiary/aromatic N) is 2. The van der Waals surface area contributed by atoms with Crippen molar-refractivity contribution in [3.8, 4) is 6.07 Å². The van der Waals surface area contributed by atoms with Crippen LogP contribution in [0.15, 0.2) is 4.79 Å². The summed E-state index contributed by atoms with van der Waals surface area (Å²) in [6.07, 6.45) is 0. The molecule has 92 valence electrons. The molecule has 0 bridgehead atoms. The number of nitriles is 1. The van der Waals surface area contributed by atoms with Crippen molar-refractivity contribution < 1.29 is 0 Å². The van der Waals surface area contributed by atoms with Crippen LogP contribution in [0.4, 0.5) is 0 Å². The molecule has 0 saturated heterocycles. The molecule has 2 unspecified atom stereocenters. The maximum Gasteiger partial charge on any atom is 0.255 e. The van der Waals surface area contributed by atoms with Gasteiger partial charge >= 0.3 is 0 Å². The summed E-state index contributed by atoms with van der Waals surface area (Å²) < 4.78 is 0. The van der Waals surface area contributed by atoms with Crippen molar-refractivity contribution in [1.29, 1.82) is 5.26 Å². The standard InChI is InChI=1S/C12H18N4O/c1-7(5-13)6-14-8(2)11-9(3)15-10(4)16-12(11)17/h7-8,14H,6H2,1-4H3,(H,15,16,17). The molecule has 0 spiro atoms. The first-order valence-electron chi connectivity index (χ1n) is 5.66. The number of H-pyrrole nitrogens is 1. The molecule has 5 nitrogen and oxygen atoms in total. The Hall–Kier alpha value is -1.67. The summed E-state index contributed by atoms with van der Waals surface area (Å²) in [6.45, 7) is 7.88. The van der Waals surface area contributed by atoms with E-state index in [1.165, 1.54) is 0 Å². The predicted octanol–water partition coefficient (Wildman–Crippen LogP) is 1.20. The zero-order valence-corrected chi connectivity index (χ0v) is 10.7. The van der Waals surface area contributed by atoms with Gasteiger partial charge in [0.2, 0.25) is 0 Å². The van der Waals surface area contributed by atoms with Gasteiger partial charge in [-0.1, -0.05) is 0 Å². The molecule has 17 heavy (non-hydrogen) atoms. The third-order valence-corrected chi connectivity index (χ3v) is 2.65. The molecular formula is C12H18N4O. The first-order chi connectivity index (χ1) is 7.95. The Morgan fingerprint density at radius 1 is 1.47 bits per heavy atom. The Bertz CT molecular complexity index is 486. The fourth-order valence-electron chi connectivity index (χ4n) is 1.75. The van der Waals surface area contributed by atoms with Crippen LogP contribution in [-0.2, 0) is 0 Å². The average Bonchev–Trinajstić information content (AvgIpc) is 2.24. The van der Waals surface area contributed by atoms with Gasteiger partial charge in [0.1, 0.15) is 5.82 Å². The van der Waals surface area contributed by atoms with Crippen LogP contribution in [-0.4, -0.2) is 16.5 Å². The molecule has 0 aliphatic heterocycles. The van der Waals surface area contributed by atoms with E-state index in [0.29, 0.717) is 17.9 Å². The van der Waals surface area contributed by atoms with Crippen LogP contribution in [0.3, 0.4) is 0 Å². The second-order valence-corrected chi connectivity index (χ2v) is 4.31. The summed E-state index contributed by atoms with van der Waals surface area (Å²) in [5, 5.41) is 11.9. The summed E-state index contributed by atoms with van der Waals surface area (Å²) >= 11 is 0. The topological polar surface area (TPSA) is 81.6 Å². The van der Waals surface area contributed by atoms with Gasteiger partial charge in [-0.05, 0) is 27.7 Å². The quantitative estimate of drug-likeness (QED) is 0.820. The number of hydrogen-bond donors (Lipinski definition) is 2. The zero-order valence-electron chi connectivity index (χ0n) is 10.7. The number of aromatic nitrogens is 2. The number of rotatable bonds is 4. The lowest BCUT2D eigenvalue weighted by atomic mass is 10.1. The molecular weight excluding hydrogens is 216 g/mol. The highest BCUT2D eigenvalue weighted by Crippen LogP contribution is 2.10. The van der Waals surface area contributed by atoms with Crippen LogP contribution < -0.4 is 10.9 Å². The normalized spacial score (nSPS) is 14.1. The summed E-state index contributed by atoms with van der Waals surface area (Å²) in [6, 6.07) is 2.04. The molecule has 1 aromatic rings. The van der Waals surface area contributed by atoms with E-state index in [2.05, 4.69) is 21.4 Å². The minimum absolute atomic E-state index is 0.0738. The van der Waals surface area contributed by atoms with E-state index in [4.69, 9.17) is 5.26 Å². The van der Waals surface area contributed by atoms with Gasteiger partial charge in [-0.2, -0.15) is 5.26 Å². The van der Waals surface area contributed by atoms with Crippen LogP contribution in [0.25, 0.3) is 0 Å². The number of aromatic amines is 1. The predicted molar refractivity (Wildman–Crippen MR) is 65.5 cm³/mol. The number of nitrogens with one attached hydrogen (secondary N) is 2. The third kappa shape index (κ3) is 3.40. The molecule has 2 atom stereocenters. The Morgan fingerprint density at radius 3 is 2.65 bits per heavy atom. The Balaban J connectivity index is 2.87. The van der Waals surface area contributed by atoms with Crippen molar-refractivity contribution in [1.82, 2.24) is 15.3 Å². The Morgan fingerprint density at radius 2 is 2.12 bits per heavy atom. The Kier molecular flexibility index (Phi) is 4.41. The molecule has 2 N–H and O–H groups in total. The summed E-state index contributed by atoms with van der Waals surface area (Å²) in [5.74, 6) is 0.545. The monoisotopic (exact) mass is 234 g/mol. The van der Waals surface area contributed by atoms with Gasteiger partial charge in [-0.25, -0.2) is 4.98 Å². The van der Waals surface area contributed by atoms with Crippen molar-refractivity contribution in [2.24, 2.45) is 5.92 Å². The van der Waals surface area contributed by atoms with Gasteiger partial charge in [-0.3, -0.25) is 4.79 Å². The first kappa shape index (κ1) is 13.4. The van der Waals surface area contributed by atoms with E-state index < -0.39 is 0 Å². The summed E-state index contributed by atoms with van der Waals surface area (Å²) in [7, 11) is 0. The maximum absolute atomic E-state index is 11.8. The van der Waals surface area contributed by atoms with E-state index in [0.717, 1.165) is 5.69 Å². The molecule has 0 aliphatic carbocycles. The molecule has 0 amide bonds. The zero-order chi connectivity index (χ0) is 13.0. The van der Waals surface area contributed by atoms with E-state index in [1.54, 1.807) is 6.92 Å². The van der Waals surface area contributed by atoms with Crippen LogP contribution in [0.1, 0.15) is 37.0 Å². The largest absolute Gasteiger partial charge is 0.310 e. The van der Waals surface area contributed by atoms with E-state index in [9.17, 15) is 4.79 Å². The highest BCUT2D eigenvalue weighted by molar-refractivity contribution is 5.20. The molecule has 0 aromatic carbocycles. The lowest BCUT2D eigenvalue weighted by molar-refractivity contribution is 0.520. The lowest BCUT2D eigenvalue weighted by Crippen LogP contribution is -2.30. The molecule has 0 saturated carbocycles. The van der Waals surface area contributed by atoms with E-state index in [-0.39, 0.29) is 17.5 Å². The molecule has 0 radical (unpaired) electrons. The minimum Gasteiger partial charge on any atom is -0.310 e. The lowest BCUT2D eigenvalue weighted by Gasteiger charge is -2.16. The van der Waals surface area contributed by atoms with Crippen molar-refractivity contribution in [3.63, 3.8) is 0 Å². The van der Waals surface area contributed by atoms with Crippen LogP contribution in [0, 0.1) is 31.1 Å². The molecule has 1 aromatic heterocycles. The minimum atomic E-state index is -0.111. The van der Waals surface area contributed by atoms with E-state index in [1.807, 2.05) is 20.8 Å². The third-order valence-electron chi connectivity index (χ3n) is 2.65. The van der Waals surface area contributed by atoms with Crippen molar-refractivity contribution in [2.75, 3.05) is 6.54 Å². The first-order valence-corrected chi connectivity index (χ1v) is 5.66. The SMILES string of the molecule is Cc1nc(C)c(C(C)NCC(C)C#N)c(=O)[nH]1. The van der Waals surface area contributed by atoms with E-state index >= 15 is 0 Å². The average molecular weight is 234 g/mol. The Labute approximate surface area is 101 Å². The van der Waals surface area contributed by atoms with Gasteiger partial charge in [0, 0.05) is 18.3 Å². The molecule has 1 heterocycles. The summed E-state index contributed by atoms with van der Waals surface area (Å²) in [5.41, 5.74) is 1.26. The molecule has 0 aliphatic rings. The highest BCUT2D eigenvalue weighted by atomic mass is 16.1. The van der Waals surface area contributed by atoms with Gasteiger partial charge in [0.25, 0.3) is 5.56 Å². The fourth-order valence-corrected chi connectivity index (χ4v) is 1.75. The van der Waals surface area contributed by atoms with Crippen molar-refractivity contribution in [2.45, 2.75) is 33.7 Å². The van der Waals surface area contributed by atoms with Gasteiger partial charge < -0.3 is 10.3 Å².